The standard InChI is InChI=1S/C31H30O4/c1-20-9-5-7-11-25(20)31(30(32)21-13-15-24(33-2)16-14-21)26-12-8-6-10-22(26)17-23-18-28(34-3)29(35-4)19-27(23)31/h5-16,18-19,30,32H,17H2,1-4H3. The molecule has 0 amide bonds. The molecule has 5 rings (SSSR count). The lowest BCUT2D eigenvalue weighted by molar-refractivity contribution is 0.120. The van der Waals surface area contributed by atoms with Crippen LogP contribution in [-0.2, 0) is 11.8 Å². The molecule has 0 spiro atoms. The van der Waals surface area contributed by atoms with Gasteiger partial charge in [0.25, 0.3) is 0 Å². The second-order valence-corrected chi connectivity index (χ2v) is 9.00. The van der Waals surface area contributed by atoms with Crippen molar-refractivity contribution in [3.05, 3.63) is 124 Å². The van der Waals surface area contributed by atoms with Gasteiger partial charge in [-0.1, -0.05) is 60.7 Å². The minimum absolute atomic E-state index is 0.644. The van der Waals surface area contributed by atoms with E-state index in [-0.39, 0.29) is 0 Å². The highest BCUT2D eigenvalue weighted by Crippen LogP contribution is 2.55. The summed E-state index contributed by atoms with van der Waals surface area (Å²) in [4.78, 5) is 0. The fraction of sp³-hybridized carbons (Fsp3) is 0.226. The van der Waals surface area contributed by atoms with E-state index in [1.54, 1.807) is 21.3 Å². The molecule has 178 valence electrons. The average Bonchev–Trinajstić information content (AvgIpc) is 2.91. The van der Waals surface area contributed by atoms with Gasteiger partial charge in [0.1, 0.15) is 5.75 Å². The number of benzene rings is 4. The van der Waals surface area contributed by atoms with Crippen molar-refractivity contribution in [1.29, 1.82) is 0 Å². The molecule has 2 unspecified atom stereocenters. The minimum atomic E-state index is -0.868. The smallest absolute Gasteiger partial charge is 0.161 e. The topological polar surface area (TPSA) is 47.9 Å². The predicted molar refractivity (Wildman–Crippen MR) is 138 cm³/mol. The molecule has 4 aromatic rings. The Morgan fingerprint density at radius 1 is 0.686 bits per heavy atom. The van der Waals surface area contributed by atoms with Gasteiger partial charge in [-0.05, 0) is 76.6 Å². The molecular formula is C31H30O4. The van der Waals surface area contributed by atoms with Crippen molar-refractivity contribution in [3.63, 3.8) is 0 Å². The molecule has 1 aliphatic carbocycles. The van der Waals surface area contributed by atoms with E-state index < -0.39 is 11.5 Å². The van der Waals surface area contributed by atoms with Crippen LogP contribution in [0.25, 0.3) is 0 Å². The van der Waals surface area contributed by atoms with Crippen LogP contribution in [0.2, 0.25) is 0 Å². The van der Waals surface area contributed by atoms with Crippen LogP contribution in [0.5, 0.6) is 17.2 Å². The molecule has 0 saturated heterocycles. The predicted octanol–water partition coefficient (Wildman–Crippen LogP) is 5.99. The third kappa shape index (κ3) is 3.57. The van der Waals surface area contributed by atoms with Gasteiger partial charge in [-0.15, -0.1) is 0 Å². The van der Waals surface area contributed by atoms with Crippen molar-refractivity contribution in [3.8, 4) is 17.2 Å². The second kappa shape index (κ2) is 9.12. The summed E-state index contributed by atoms with van der Waals surface area (Å²) in [5.74, 6) is 2.08. The van der Waals surface area contributed by atoms with E-state index in [9.17, 15) is 5.11 Å². The van der Waals surface area contributed by atoms with Gasteiger partial charge < -0.3 is 19.3 Å². The summed E-state index contributed by atoms with van der Waals surface area (Å²) in [5, 5.41) is 12.4. The lowest BCUT2D eigenvalue weighted by atomic mass is 9.58. The summed E-state index contributed by atoms with van der Waals surface area (Å²) in [7, 11) is 4.95. The number of hydrogen-bond donors (Lipinski definition) is 1. The quantitative estimate of drug-likeness (QED) is 0.379. The summed E-state index contributed by atoms with van der Waals surface area (Å²) in [6.45, 7) is 2.11. The SMILES string of the molecule is COc1ccc(C(O)C2(c3ccccc3C)c3ccccc3Cc3cc(OC)c(OC)cc32)cc1. The Kier molecular flexibility index (Phi) is 6.00. The van der Waals surface area contributed by atoms with Gasteiger partial charge in [-0.25, -0.2) is 0 Å². The van der Waals surface area contributed by atoms with Crippen molar-refractivity contribution >= 4 is 0 Å². The lowest BCUT2D eigenvalue weighted by Gasteiger charge is -2.46. The Morgan fingerprint density at radius 3 is 1.97 bits per heavy atom. The van der Waals surface area contributed by atoms with E-state index in [2.05, 4.69) is 49.4 Å². The molecular weight excluding hydrogens is 436 g/mol. The Labute approximate surface area is 206 Å². The van der Waals surface area contributed by atoms with Crippen LogP contribution in [0.3, 0.4) is 0 Å². The number of aliphatic hydroxyl groups is 1. The summed E-state index contributed by atoms with van der Waals surface area (Å²) in [6, 6.07) is 28.5. The molecule has 0 aliphatic heterocycles. The molecule has 4 aromatic carbocycles. The van der Waals surface area contributed by atoms with Gasteiger partial charge in [0, 0.05) is 0 Å². The van der Waals surface area contributed by atoms with Crippen LogP contribution < -0.4 is 14.2 Å². The van der Waals surface area contributed by atoms with Gasteiger partial charge in [-0.2, -0.15) is 0 Å². The molecule has 1 N–H and O–H groups in total. The maximum atomic E-state index is 12.4. The number of aliphatic hydroxyl groups excluding tert-OH is 1. The molecule has 0 bridgehead atoms. The number of aryl methyl sites for hydroxylation is 1. The van der Waals surface area contributed by atoms with Crippen LogP contribution >= 0.6 is 0 Å². The first kappa shape index (κ1) is 23.0. The Hall–Kier alpha value is -3.76. The van der Waals surface area contributed by atoms with E-state index in [1.807, 2.05) is 42.5 Å². The summed E-state index contributed by atoms with van der Waals surface area (Å²) >= 11 is 0. The average molecular weight is 467 g/mol. The third-order valence-corrected chi connectivity index (χ3v) is 7.27. The molecule has 2 atom stereocenters. The van der Waals surface area contributed by atoms with E-state index in [1.165, 1.54) is 5.56 Å². The Bertz CT molecular complexity index is 1350. The van der Waals surface area contributed by atoms with Crippen molar-refractivity contribution in [1.82, 2.24) is 0 Å². The van der Waals surface area contributed by atoms with E-state index in [0.717, 1.165) is 45.6 Å². The molecule has 0 saturated carbocycles. The fourth-order valence-electron chi connectivity index (χ4n) is 5.63. The Morgan fingerprint density at radius 2 is 1.31 bits per heavy atom. The number of methoxy groups -OCH3 is 3. The van der Waals surface area contributed by atoms with Crippen LogP contribution in [0.4, 0.5) is 0 Å². The molecule has 0 radical (unpaired) electrons. The lowest BCUT2D eigenvalue weighted by Crippen LogP contribution is -2.41. The maximum absolute atomic E-state index is 12.4. The maximum Gasteiger partial charge on any atom is 0.161 e. The zero-order valence-corrected chi connectivity index (χ0v) is 20.5. The van der Waals surface area contributed by atoms with Gasteiger partial charge >= 0.3 is 0 Å². The van der Waals surface area contributed by atoms with Crippen LogP contribution in [0.15, 0.2) is 84.9 Å². The Balaban J connectivity index is 1.90. The first-order chi connectivity index (χ1) is 17.0. The number of rotatable bonds is 6. The first-order valence-electron chi connectivity index (χ1n) is 11.8. The summed E-state index contributed by atoms with van der Waals surface area (Å²) < 4.78 is 16.8. The van der Waals surface area contributed by atoms with Crippen molar-refractivity contribution < 1.29 is 19.3 Å². The van der Waals surface area contributed by atoms with Gasteiger partial charge in [0.2, 0.25) is 0 Å². The zero-order valence-electron chi connectivity index (χ0n) is 20.5. The first-order valence-corrected chi connectivity index (χ1v) is 11.8. The molecule has 4 nitrogen and oxygen atoms in total. The van der Waals surface area contributed by atoms with Gasteiger partial charge in [0.05, 0.1) is 32.8 Å². The van der Waals surface area contributed by atoms with E-state index >= 15 is 0 Å². The number of fused-ring (bicyclic) bond motifs is 2. The monoisotopic (exact) mass is 466 g/mol. The molecule has 1 aliphatic rings. The summed E-state index contributed by atoms with van der Waals surface area (Å²) in [6.07, 6.45) is -0.123. The number of ether oxygens (including phenoxy) is 3. The van der Waals surface area contributed by atoms with Crippen LogP contribution in [0.1, 0.15) is 45.0 Å². The fourth-order valence-corrected chi connectivity index (χ4v) is 5.63. The van der Waals surface area contributed by atoms with Crippen molar-refractivity contribution in [2.24, 2.45) is 0 Å². The van der Waals surface area contributed by atoms with Crippen LogP contribution in [0, 0.1) is 6.92 Å². The highest BCUT2D eigenvalue weighted by Gasteiger charge is 2.49. The van der Waals surface area contributed by atoms with E-state index in [0.29, 0.717) is 11.5 Å². The molecule has 4 heteroatoms. The van der Waals surface area contributed by atoms with Gasteiger partial charge in [-0.3, -0.25) is 0 Å². The highest BCUT2D eigenvalue weighted by atomic mass is 16.5. The number of hydrogen-bond acceptors (Lipinski definition) is 4. The third-order valence-electron chi connectivity index (χ3n) is 7.27. The van der Waals surface area contributed by atoms with Crippen molar-refractivity contribution in [2.75, 3.05) is 21.3 Å². The minimum Gasteiger partial charge on any atom is -0.497 e. The second-order valence-electron chi connectivity index (χ2n) is 9.00. The normalized spacial score (nSPS) is 17.2. The van der Waals surface area contributed by atoms with Gasteiger partial charge in [0.15, 0.2) is 11.5 Å². The molecule has 35 heavy (non-hydrogen) atoms. The molecule has 0 fully saturated rings. The molecule has 0 aromatic heterocycles. The van der Waals surface area contributed by atoms with E-state index in [4.69, 9.17) is 14.2 Å². The highest BCUT2D eigenvalue weighted by molar-refractivity contribution is 5.66. The van der Waals surface area contributed by atoms with Crippen molar-refractivity contribution in [2.45, 2.75) is 24.9 Å². The molecule has 0 heterocycles. The zero-order chi connectivity index (χ0) is 24.6. The summed E-state index contributed by atoms with van der Waals surface area (Å²) in [5.41, 5.74) is 6.53. The largest absolute Gasteiger partial charge is 0.497 e. The van der Waals surface area contributed by atoms with Crippen LogP contribution in [-0.4, -0.2) is 26.4 Å².